The van der Waals surface area contributed by atoms with Gasteiger partial charge in [-0.3, -0.25) is 4.79 Å². The van der Waals surface area contributed by atoms with Crippen LogP contribution in [0.1, 0.15) is 36.0 Å². The Morgan fingerprint density at radius 1 is 1.15 bits per heavy atom. The lowest BCUT2D eigenvalue weighted by molar-refractivity contribution is 0.0949. The summed E-state index contributed by atoms with van der Waals surface area (Å²) in [4.78, 5) is 12.1. The number of rotatable bonds is 9. The number of unbranched alkanes of at least 4 members (excludes halogenated alkanes) is 3. The predicted octanol–water partition coefficient (Wildman–Crippen LogP) is 3.43. The molecule has 0 aliphatic heterocycles. The van der Waals surface area contributed by atoms with Crippen LogP contribution in [0.15, 0.2) is 18.2 Å². The molecule has 0 saturated carbocycles. The van der Waals surface area contributed by atoms with Crippen LogP contribution >= 0.6 is 22.6 Å². The third-order valence-electron chi connectivity index (χ3n) is 3.00. The second kappa shape index (κ2) is 9.85. The van der Waals surface area contributed by atoms with E-state index in [4.69, 9.17) is 9.47 Å². The molecule has 0 fully saturated rings. The van der Waals surface area contributed by atoms with E-state index in [2.05, 4.69) is 27.9 Å². The highest BCUT2D eigenvalue weighted by Crippen LogP contribution is 2.23. The van der Waals surface area contributed by atoms with Gasteiger partial charge in [-0.2, -0.15) is 0 Å². The van der Waals surface area contributed by atoms with Crippen LogP contribution in [0, 0.1) is 0 Å². The number of ether oxygens (including phenoxy) is 2. The summed E-state index contributed by atoms with van der Waals surface area (Å²) in [5, 5.41) is 2.93. The zero-order valence-corrected chi connectivity index (χ0v) is 14.2. The van der Waals surface area contributed by atoms with Crippen LogP contribution in [0.5, 0.6) is 11.5 Å². The first-order valence-electron chi connectivity index (χ1n) is 6.79. The molecule has 0 unspecified atom stereocenters. The van der Waals surface area contributed by atoms with Crippen molar-refractivity contribution >= 4 is 28.5 Å². The number of alkyl halides is 1. The third-order valence-corrected chi connectivity index (χ3v) is 3.76. The summed E-state index contributed by atoms with van der Waals surface area (Å²) < 4.78 is 11.5. The van der Waals surface area contributed by atoms with Crippen LogP contribution in [-0.2, 0) is 0 Å². The number of nitrogens with one attached hydrogen (secondary N) is 1. The van der Waals surface area contributed by atoms with Gasteiger partial charge in [0.05, 0.1) is 19.8 Å². The molecular weight excluding hydrogens is 369 g/mol. The summed E-state index contributed by atoms with van der Waals surface area (Å²) in [6.07, 6.45) is 4.63. The molecule has 0 aromatic heterocycles. The van der Waals surface area contributed by atoms with Crippen molar-refractivity contribution in [3.63, 3.8) is 0 Å². The van der Waals surface area contributed by atoms with Gasteiger partial charge in [0.15, 0.2) is 0 Å². The SMILES string of the molecule is COc1ccc(OC)c(C(=O)NCCCCCCI)c1. The van der Waals surface area contributed by atoms with Gasteiger partial charge in [0.1, 0.15) is 11.5 Å². The number of hydrogen-bond acceptors (Lipinski definition) is 3. The molecule has 4 nitrogen and oxygen atoms in total. The van der Waals surface area contributed by atoms with Crippen molar-refractivity contribution in [3.8, 4) is 11.5 Å². The summed E-state index contributed by atoms with van der Waals surface area (Å²) >= 11 is 2.39. The fourth-order valence-corrected chi connectivity index (χ4v) is 2.40. The van der Waals surface area contributed by atoms with E-state index in [9.17, 15) is 4.79 Å². The van der Waals surface area contributed by atoms with Gasteiger partial charge in [0, 0.05) is 6.54 Å². The van der Waals surface area contributed by atoms with E-state index in [1.165, 1.54) is 17.3 Å². The maximum Gasteiger partial charge on any atom is 0.255 e. The first-order chi connectivity index (χ1) is 9.72. The van der Waals surface area contributed by atoms with E-state index in [0.29, 0.717) is 23.6 Å². The summed E-state index contributed by atoms with van der Waals surface area (Å²) in [7, 11) is 3.14. The van der Waals surface area contributed by atoms with Gasteiger partial charge in [-0.15, -0.1) is 0 Å². The van der Waals surface area contributed by atoms with E-state index < -0.39 is 0 Å². The van der Waals surface area contributed by atoms with Crippen LogP contribution in [0.4, 0.5) is 0 Å². The van der Waals surface area contributed by atoms with Crippen molar-refractivity contribution in [2.24, 2.45) is 0 Å². The van der Waals surface area contributed by atoms with Gasteiger partial charge in [0.25, 0.3) is 5.91 Å². The third kappa shape index (κ3) is 5.56. The average Bonchev–Trinajstić information content (AvgIpc) is 2.49. The first kappa shape index (κ1) is 17.1. The van der Waals surface area contributed by atoms with E-state index >= 15 is 0 Å². The van der Waals surface area contributed by atoms with E-state index in [0.717, 1.165) is 12.8 Å². The molecule has 20 heavy (non-hydrogen) atoms. The second-order valence-electron chi connectivity index (χ2n) is 4.43. The molecule has 1 N–H and O–H groups in total. The number of amides is 1. The molecule has 0 saturated heterocycles. The van der Waals surface area contributed by atoms with Crippen LogP contribution in [0.3, 0.4) is 0 Å². The minimum atomic E-state index is -0.116. The minimum Gasteiger partial charge on any atom is -0.497 e. The number of carbonyl (C=O) groups is 1. The highest BCUT2D eigenvalue weighted by molar-refractivity contribution is 14.1. The Balaban J connectivity index is 2.49. The highest BCUT2D eigenvalue weighted by atomic mass is 127. The minimum absolute atomic E-state index is 0.116. The number of halogens is 1. The largest absolute Gasteiger partial charge is 0.497 e. The monoisotopic (exact) mass is 391 g/mol. The van der Waals surface area contributed by atoms with E-state index in [-0.39, 0.29) is 5.91 Å². The van der Waals surface area contributed by atoms with E-state index in [1.54, 1.807) is 32.4 Å². The van der Waals surface area contributed by atoms with Gasteiger partial charge < -0.3 is 14.8 Å². The summed E-state index contributed by atoms with van der Waals surface area (Å²) in [5.41, 5.74) is 0.513. The quantitative estimate of drug-likeness (QED) is 0.399. The molecule has 0 aliphatic rings. The van der Waals surface area contributed by atoms with Crippen LogP contribution in [0.2, 0.25) is 0 Å². The van der Waals surface area contributed by atoms with Crippen LogP contribution < -0.4 is 14.8 Å². The van der Waals surface area contributed by atoms with Crippen molar-refractivity contribution in [1.29, 1.82) is 0 Å². The molecule has 0 atom stereocenters. The molecule has 0 heterocycles. The molecule has 1 amide bonds. The second-order valence-corrected chi connectivity index (χ2v) is 5.50. The molecule has 1 aromatic carbocycles. The van der Waals surface area contributed by atoms with Crippen molar-refractivity contribution < 1.29 is 14.3 Å². The Hall–Kier alpha value is -0.980. The lowest BCUT2D eigenvalue weighted by atomic mass is 10.1. The number of carbonyl (C=O) groups excluding carboxylic acids is 1. The molecule has 0 radical (unpaired) electrons. The normalized spacial score (nSPS) is 10.2. The molecular formula is C15H22INO3. The molecule has 112 valence electrons. The Bertz CT molecular complexity index is 424. The molecule has 1 rings (SSSR count). The molecule has 1 aromatic rings. The molecule has 0 bridgehead atoms. The topological polar surface area (TPSA) is 47.6 Å². The van der Waals surface area contributed by atoms with Gasteiger partial charge in [-0.25, -0.2) is 0 Å². The fraction of sp³-hybridized carbons (Fsp3) is 0.533. The molecule has 0 spiro atoms. The van der Waals surface area contributed by atoms with Gasteiger partial charge >= 0.3 is 0 Å². The van der Waals surface area contributed by atoms with Crippen LogP contribution in [0.25, 0.3) is 0 Å². The average molecular weight is 391 g/mol. The predicted molar refractivity (Wildman–Crippen MR) is 89.2 cm³/mol. The zero-order chi connectivity index (χ0) is 14.8. The van der Waals surface area contributed by atoms with Gasteiger partial charge in [-0.1, -0.05) is 35.4 Å². The van der Waals surface area contributed by atoms with Crippen molar-refractivity contribution in [2.45, 2.75) is 25.7 Å². The Morgan fingerprint density at radius 2 is 1.90 bits per heavy atom. The Kier molecular flexibility index (Phi) is 8.41. The maximum absolute atomic E-state index is 12.1. The van der Waals surface area contributed by atoms with Gasteiger partial charge in [-0.05, 0) is 35.5 Å². The Labute approximate surface area is 134 Å². The first-order valence-corrected chi connectivity index (χ1v) is 8.31. The smallest absolute Gasteiger partial charge is 0.255 e. The standard InChI is InChI=1S/C15H22INO3/c1-19-12-7-8-14(20-2)13(11-12)15(18)17-10-6-4-3-5-9-16/h7-8,11H,3-6,9-10H2,1-2H3,(H,17,18). The molecule has 5 heteroatoms. The van der Waals surface area contributed by atoms with Gasteiger partial charge in [0.2, 0.25) is 0 Å². The van der Waals surface area contributed by atoms with Crippen molar-refractivity contribution in [1.82, 2.24) is 5.32 Å². The lowest BCUT2D eigenvalue weighted by Crippen LogP contribution is -2.25. The maximum atomic E-state index is 12.1. The number of benzene rings is 1. The summed E-state index contributed by atoms with van der Waals surface area (Å²) in [6, 6.07) is 5.22. The molecule has 0 aliphatic carbocycles. The lowest BCUT2D eigenvalue weighted by Gasteiger charge is -2.10. The van der Waals surface area contributed by atoms with Crippen molar-refractivity contribution in [3.05, 3.63) is 23.8 Å². The number of hydrogen-bond donors (Lipinski definition) is 1. The summed E-state index contributed by atoms with van der Waals surface area (Å²) in [5.74, 6) is 1.10. The zero-order valence-electron chi connectivity index (χ0n) is 12.1. The fourth-order valence-electron chi connectivity index (χ4n) is 1.86. The van der Waals surface area contributed by atoms with Crippen LogP contribution in [-0.4, -0.2) is 31.1 Å². The number of methoxy groups -OCH3 is 2. The van der Waals surface area contributed by atoms with E-state index in [1.807, 2.05) is 0 Å². The Morgan fingerprint density at radius 3 is 2.55 bits per heavy atom. The highest BCUT2D eigenvalue weighted by Gasteiger charge is 2.12. The van der Waals surface area contributed by atoms with Crippen molar-refractivity contribution in [2.75, 3.05) is 25.2 Å². The summed E-state index contributed by atoms with van der Waals surface area (Å²) in [6.45, 7) is 0.695.